The second-order valence-electron chi connectivity index (χ2n) is 4.80. The summed E-state index contributed by atoms with van der Waals surface area (Å²) in [4.78, 5) is 0. The van der Waals surface area contributed by atoms with E-state index in [1.54, 1.807) is 6.07 Å². The average molecular weight is 332 g/mol. The number of nitrogens with one attached hydrogen (secondary N) is 1. The lowest BCUT2D eigenvalue weighted by atomic mass is 9.94. The minimum Gasteiger partial charge on any atom is -0.313 e. The van der Waals surface area contributed by atoms with E-state index in [9.17, 15) is 4.39 Å². The van der Waals surface area contributed by atoms with Crippen molar-refractivity contribution in [1.82, 2.24) is 5.32 Å². The second kappa shape index (κ2) is 6.92. The van der Waals surface area contributed by atoms with E-state index < -0.39 is 0 Å². The molecule has 2 atom stereocenters. The Morgan fingerprint density at radius 1 is 1.44 bits per heavy atom. The Morgan fingerprint density at radius 2 is 2.28 bits per heavy atom. The summed E-state index contributed by atoms with van der Waals surface area (Å²) in [5.41, 5.74) is 0.842. The van der Waals surface area contributed by atoms with E-state index in [1.165, 1.54) is 0 Å². The van der Waals surface area contributed by atoms with Gasteiger partial charge in [-0.2, -0.15) is 11.8 Å². The van der Waals surface area contributed by atoms with Crippen LogP contribution in [0.4, 0.5) is 4.39 Å². The summed E-state index contributed by atoms with van der Waals surface area (Å²) in [6.07, 6.45) is 1.99. The molecule has 2 rings (SSSR count). The van der Waals surface area contributed by atoms with Gasteiger partial charge in [0, 0.05) is 16.3 Å². The van der Waals surface area contributed by atoms with Gasteiger partial charge in [-0.3, -0.25) is 0 Å². The molecular formula is C14H19BrFNS. The third kappa shape index (κ3) is 3.72. The van der Waals surface area contributed by atoms with Crippen LogP contribution in [0.2, 0.25) is 0 Å². The van der Waals surface area contributed by atoms with Gasteiger partial charge in [-0.1, -0.05) is 28.9 Å². The molecular weight excluding hydrogens is 313 g/mol. The Hall–Kier alpha value is -0.0600. The number of benzene rings is 1. The number of hydrogen-bond donors (Lipinski definition) is 1. The van der Waals surface area contributed by atoms with E-state index in [0.29, 0.717) is 12.0 Å². The molecule has 1 aliphatic rings. The molecule has 1 saturated heterocycles. The van der Waals surface area contributed by atoms with Crippen LogP contribution >= 0.6 is 27.7 Å². The van der Waals surface area contributed by atoms with Crippen molar-refractivity contribution in [2.24, 2.45) is 5.92 Å². The Bertz CT molecular complexity index is 399. The highest BCUT2D eigenvalue weighted by molar-refractivity contribution is 9.10. The van der Waals surface area contributed by atoms with Crippen LogP contribution in [0.3, 0.4) is 0 Å². The predicted octanol–water partition coefficient (Wildman–Crippen LogP) is 3.86. The summed E-state index contributed by atoms with van der Waals surface area (Å²) in [6.45, 7) is 3.24. The maximum absolute atomic E-state index is 13.8. The van der Waals surface area contributed by atoms with Crippen molar-refractivity contribution in [3.8, 4) is 0 Å². The molecule has 2 unspecified atom stereocenters. The molecule has 0 amide bonds. The van der Waals surface area contributed by atoms with Crippen molar-refractivity contribution in [2.75, 3.05) is 18.1 Å². The summed E-state index contributed by atoms with van der Waals surface area (Å²) in [5, 5.41) is 3.58. The molecule has 18 heavy (non-hydrogen) atoms. The number of halogens is 2. The predicted molar refractivity (Wildman–Crippen MR) is 80.7 cm³/mol. The Balaban J connectivity index is 1.99. The molecule has 1 heterocycles. The summed E-state index contributed by atoms with van der Waals surface area (Å²) in [6, 6.07) is 5.93. The van der Waals surface area contributed by atoms with Crippen molar-refractivity contribution >= 4 is 27.7 Å². The lowest BCUT2D eigenvalue weighted by molar-refractivity contribution is 0.419. The van der Waals surface area contributed by atoms with Crippen molar-refractivity contribution in [1.29, 1.82) is 0 Å². The summed E-state index contributed by atoms with van der Waals surface area (Å²) < 4.78 is 14.6. The van der Waals surface area contributed by atoms with Gasteiger partial charge in [0.05, 0.1) is 0 Å². The second-order valence-corrected chi connectivity index (χ2v) is 6.79. The first-order valence-corrected chi connectivity index (χ1v) is 8.40. The molecule has 0 bridgehead atoms. The van der Waals surface area contributed by atoms with Crippen molar-refractivity contribution < 1.29 is 4.39 Å². The van der Waals surface area contributed by atoms with Crippen molar-refractivity contribution in [2.45, 2.75) is 25.8 Å². The fourth-order valence-electron chi connectivity index (χ4n) is 2.32. The van der Waals surface area contributed by atoms with E-state index in [-0.39, 0.29) is 5.82 Å². The summed E-state index contributed by atoms with van der Waals surface area (Å²) in [7, 11) is 0. The first-order chi connectivity index (χ1) is 8.70. The number of rotatable bonds is 5. The van der Waals surface area contributed by atoms with E-state index in [1.807, 2.05) is 23.9 Å². The largest absolute Gasteiger partial charge is 0.313 e. The molecule has 1 aromatic carbocycles. The topological polar surface area (TPSA) is 12.0 Å². The molecule has 1 aliphatic heterocycles. The SMILES string of the molecule is CCCNC1CSCC1Cc1ccc(Br)cc1F. The van der Waals surface area contributed by atoms with Gasteiger partial charge in [-0.15, -0.1) is 0 Å². The lowest BCUT2D eigenvalue weighted by Crippen LogP contribution is -2.36. The standard InChI is InChI=1S/C14H19BrFNS/c1-2-5-17-14-9-18-8-11(14)6-10-3-4-12(15)7-13(10)16/h3-4,7,11,14,17H,2,5-6,8-9H2,1H3. The zero-order valence-electron chi connectivity index (χ0n) is 10.6. The minimum atomic E-state index is -0.0875. The van der Waals surface area contributed by atoms with Gasteiger partial charge < -0.3 is 5.32 Å². The normalized spacial score (nSPS) is 23.5. The Labute approximate surface area is 121 Å². The highest BCUT2D eigenvalue weighted by Gasteiger charge is 2.27. The van der Waals surface area contributed by atoms with Crippen LogP contribution in [0.15, 0.2) is 22.7 Å². The first-order valence-electron chi connectivity index (χ1n) is 6.45. The van der Waals surface area contributed by atoms with Gasteiger partial charge in [0.25, 0.3) is 0 Å². The highest BCUT2D eigenvalue weighted by Crippen LogP contribution is 2.28. The van der Waals surface area contributed by atoms with Crippen LogP contribution in [-0.2, 0) is 6.42 Å². The van der Waals surface area contributed by atoms with Crippen LogP contribution in [0.5, 0.6) is 0 Å². The molecule has 100 valence electrons. The van der Waals surface area contributed by atoms with Crippen LogP contribution in [-0.4, -0.2) is 24.1 Å². The van der Waals surface area contributed by atoms with Crippen LogP contribution in [0.1, 0.15) is 18.9 Å². The quantitative estimate of drug-likeness (QED) is 0.879. The van der Waals surface area contributed by atoms with E-state index in [0.717, 1.165) is 40.9 Å². The van der Waals surface area contributed by atoms with Gasteiger partial charge in [-0.05, 0) is 48.8 Å². The van der Waals surface area contributed by atoms with Crippen LogP contribution < -0.4 is 5.32 Å². The molecule has 0 aromatic heterocycles. The third-order valence-electron chi connectivity index (χ3n) is 3.35. The molecule has 1 fully saturated rings. The lowest BCUT2D eigenvalue weighted by Gasteiger charge is -2.20. The molecule has 1 aromatic rings. The maximum Gasteiger partial charge on any atom is 0.127 e. The molecule has 4 heteroatoms. The molecule has 1 N–H and O–H groups in total. The van der Waals surface area contributed by atoms with Crippen molar-refractivity contribution in [3.63, 3.8) is 0 Å². The van der Waals surface area contributed by atoms with Gasteiger partial charge in [0.15, 0.2) is 0 Å². The van der Waals surface area contributed by atoms with E-state index in [2.05, 4.69) is 28.2 Å². The smallest absolute Gasteiger partial charge is 0.127 e. The maximum atomic E-state index is 13.8. The van der Waals surface area contributed by atoms with Gasteiger partial charge >= 0.3 is 0 Å². The van der Waals surface area contributed by atoms with Gasteiger partial charge in [0.2, 0.25) is 0 Å². The zero-order valence-corrected chi connectivity index (χ0v) is 13.0. The van der Waals surface area contributed by atoms with Crippen LogP contribution in [0, 0.1) is 11.7 Å². The summed E-state index contributed by atoms with van der Waals surface area (Å²) >= 11 is 5.27. The fraction of sp³-hybridized carbons (Fsp3) is 0.571. The number of hydrogen-bond acceptors (Lipinski definition) is 2. The van der Waals surface area contributed by atoms with Gasteiger partial charge in [-0.25, -0.2) is 4.39 Å². The molecule has 0 radical (unpaired) electrons. The molecule has 0 spiro atoms. The summed E-state index contributed by atoms with van der Waals surface area (Å²) in [5.74, 6) is 2.76. The molecule has 0 saturated carbocycles. The molecule has 0 aliphatic carbocycles. The number of thioether (sulfide) groups is 1. The Morgan fingerprint density at radius 3 is 3.00 bits per heavy atom. The van der Waals surface area contributed by atoms with E-state index in [4.69, 9.17) is 0 Å². The molecule has 1 nitrogen and oxygen atoms in total. The van der Waals surface area contributed by atoms with Gasteiger partial charge in [0.1, 0.15) is 5.82 Å². The highest BCUT2D eigenvalue weighted by atomic mass is 79.9. The minimum absolute atomic E-state index is 0.0875. The third-order valence-corrected chi connectivity index (χ3v) is 5.10. The van der Waals surface area contributed by atoms with E-state index >= 15 is 0 Å². The van der Waals surface area contributed by atoms with Crippen LogP contribution in [0.25, 0.3) is 0 Å². The Kier molecular flexibility index (Phi) is 5.52. The monoisotopic (exact) mass is 331 g/mol. The van der Waals surface area contributed by atoms with Crippen molar-refractivity contribution in [3.05, 3.63) is 34.1 Å². The fourth-order valence-corrected chi connectivity index (χ4v) is 4.09. The average Bonchev–Trinajstić information content (AvgIpc) is 2.77. The zero-order chi connectivity index (χ0) is 13.0. The first kappa shape index (κ1) is 14.4.